The molecule has 1 aliphatic rings. The number of nitrogens with one attached hydrogen (secondary N) is 1. The summed E-state index contributed by atoms with van der Waals surface area (Å²) in [6, 6.07) is 12.6. The van der Waals surface area contributed by atoms with Gasteiger partial charge in [-0.15, -0.1) is 0 Å². The molecule has 0 saturated carbocycles. The smallest absolute Gasteiger partial charge is 0.181 e. The van der Waals surface area contributed by atoms with Gasteiger partial charge in [0, 0.05) is 23.8 Å². The van der Waals surface area contributed by atoms with E-state index < -0.39 is 0 Å². The zero-order valence-electron chi connectivity index (χ0n) is 11.3. The number of benzene rings is 1. The summed E-state index contributed by atoms with van der Waals surface area (Å²) >= 11 is 0. The van der Waals surface area contributed by atoms with Crippen molar-refractivity contribution in [1.29, 1.82) is 0 Å². The van der Waals surface area contributed by atoms with Gasteiger partial charge in [-0.1, -0.05) is 17.7 Å². The summed E-state index contributed by atoms with van der Waals surface area (Å²) in [5.74, 6) is 0.258. The van der Waals surface area contributed by atoms with Gasteiger partial charge in [0.2, 0.25) is 0 Å². The summed E-state index contributed by atoms with van der Waals surface area (Å²) in [6.07, 6.45) is 0.633. The lowest BCUT2D eigenvalue weighted by Crippen LogP contribution is -2.08. The van der Waals surface area contributed by atoms with Crippen LogP contribution in [0.5, 0.6) is 0 Å². The summed E-state index contributed by atoms with van der Waals surface area (Å²) in [7, 11) is 0. The van der Waals surface area contributed by atoms with Crippen molar-refractivity contribution >= 4 is 11.5 Å². The molecule has 3 rings (SSSR count). The van der Waals surface area contributed by atoms with E-state index in [0.29, 0.717) is 6.42 Å². The minimum atomic E-state index is 0.258. The van der Waals surface area contributed by atoms with Crippen LogP contribution in [0.1, 0.15) is 41.1 Å². The number of ketones is 1. The first kappa shape index (κ1) is 12.0. The van der Waals surface area contributed by atoms with E-state index in [9.17, 15) is 4.79 Å². The van der Waals surface area contributed by atoms with Gasteiger partial charge in [-0.05, 0) is 38.1 Å². The molecular weight excluding hydrogens is 236 g/mol. The van der Waals surface area contributed by atoms with Crippen LogP contribution in [-0.4, -0.2) is 10.4 Å². The third kappa shape index (κ3) is 2.16. The molecule has 0 aliphatic carbocycles. The number of hydrogen-bond donors (Lipinski definition) is 1. The number of anilines is 1. The maximum absolute atomic E-state index is 11.8. The highest BCUT2D eigenvalue weighted by molar-refractivity contribution is 5.97. The Labute approximate surface area is 113 Å². The van der Waals surface area contributed by atoms with E-state index in [2.05, 4.69) is 48.0 Å². The molecule has 1 aromatic carbocycles. The second-order valence-corrected chi connectivity index (χ2v) is 5.28. The number of rotatable bonds is 3. The van der Waals surface area contributed by atoms with Crippen LogP contribution in [0.25, 0.3) is 0 Å². The molecule has 0 radical (unpaired) electrons. The Kier molecular flexibility index (Phi) is 2.90. The molecule has 19 heavy (non-hydrogen) atoms. The maximum Gasteiger partial charge on any atom is 0.181 e. The fourth-order valence-electron chi connectivity index (χ4n) is 2.71. The van der Waals surface area contributed by atoms with E-state index in [-0.39, 0.29) is 11.8 Å². The molecule has 3 heteroatoms. The first-order valence-corrected chi connectivity index (χ1v) is 6.69. The van der Waals surface area contributed by atoms with E-state index in [0.717, 1.165) is 17.9 Å². The van der Waals surface area contributed by atoms with Gasteiger partial charge in [0.25, 0.3) is 0 Å². The molecule has 0 spiro atoms. The second-order valence-electron chi connectivity index (χ2n) is 5.28. The van der Waals surface area contributed by atoms with E-state index >= 15 is 0 Å². The summed E-state index contributed by atoms with van der Waals surface area (Å²) in [6.45, 7) is 4.93. The van der Waals surface area contributed by atoms with Crippen LogP contribution in [-0.2, 0) is 6.54 Å². The van der Waals surface area contributed by atoms with Gasteiger partial charge < -0.3 is 9.88 Å². The normalized spacial score (nSPS) is 17.6. The van der Waals surface area contributed by atoms with Crippen LogP contribution in [0.2, 0.25) is 0 Å². The number of aryl methyl sites for hydroxylation is 1. The number of aromatic nitrogens is 1. The summed E-state index contributed by atoms with van der Waals surface area (Å²) in [4.78, 5) is 11.8. The number of fused-ring (bicyclic) bond motifs is 1. The van der Waals surface area contributed by atoms with Crippen molar-refractivity contribution in [1.82, 2.24) is 4.57 Å². The third-order valence-corrected chi connectivity index (χ3v) is 3.74. The van der Waals surface area contributed by atoms with Crippen LogP contribution in [0.4, 0.5) is 5.69 Å². The van der Waals surface area contributed by atoms with Crippen LogP contribution < -0.4 is 5.32 Å². The van der Waals surface area contributed by atoms with Crippen molar-refractivity contribution in [2.24, 2.45) is 0 Å². The highest BCUT2D eigenvalue weighted by atomic mass is 16.1. The lowest BCUT2D eigenvalue weighted by atomic mass is 10.2. The van der Waals surface area contributed by atoms with E-state index in [1.54, 1.807) is 0 Å². The molecule has 0 fully saturated rings. The van der Waals surface area contributed by atoms with Gasteiger partial charge in [-0.3, -0.25) is 4.79 Å². The molecule has 0 amide bonds. The Hall–Kier alpha value is -2.03. The maximum atomic E-state index is 11.8. The topological polar surface area (TPSA) is 34.0 Å². The lowest BCUT2D eigenvalue weighted by Gasteiger charge is -2.13. The molecule has 0 unspecified atom stereocenters. The molecule has 0 saturated heterocycles. The molecule has 1 aliphatic heterocycles. The molecule has 3 nitrogen and oxygen atoms in total. The highest BCUT2D eigenvalue weighted by Gasteiger charge is 2.27. The van der Waals surface area contributed by atoms with Gasteiger partial charge in [0.15, 0.2) is 5.78 Å². The van der Waals surface area contributed by atoms with Gasteiger partial charge in [-0.2, -0.15) is 0 Å². The zero-order chi connectivity index (χ0) is 13.4. The Morgan fingerprint density at radius 2 is 1.95 bits per heavy atom. The Balaban J connectivity index is 1.76. The third-order valence-electron chi connectivity index (χ3n) is 3.74. The average Bonchev–Trinajstić information content (AvgIpc) is 2.92. The Morgan fingerprint density at radius 3 is 2.68 bits per heavy atom. The van der Waals surface area contributed by atoms with Crippen LogP contribution in [0, 0.1) is 6.92 Å². The molecular formula is C16H18N2O. The van der Waals surface area contributed by atoms with Crippen LogP contribution >= 0.6 is 0 Å². The molecule has 1 N–H and O–H groups in total. The zero-order valence-corrected chi connectivity index (χ0v) is 11.3. The van der Waals surface area contributed by atoms with Crippen molar-refractivity contribution in [2.75, 3.05) is 5.32 Å². The monoisotopic (exact) mass is 254 g/mol. The van der Waals surface area contributed by atoms with Crippen LogP contribution in [0.15, 0.2) is 36.4 Å². The van der Waals surface area contributed by atoms with E-state index in [1.807, 2.05) is 12.1 Å². The average molecular weight is 254 g/mol. The number of carbonyl (C=O) groups excluding carboxylic acids is 1. The van der Waals surface area contributed by atoms with Gasteiger partial charge >= 0.3 is 0 Å². The number of Topliss-reactive ketones (excluding diaryl/α,β-unsaturated/α-hetero) is 1. The highest BCUT2D eigenvalue weighted by Crippen LogP contribution is 2.28. The molecule has 98 valence electrons. The number of nitrogens with zero attached hydrogens (tertiary/aromatic N) is 1. The summed E-state index contributed by atoms with van der Waals surface area (Å²) < 4.78 is 2.16. The van der Waals surface area contributed by atoms with Crippen molar-refractivity contribution in [2.45, 2.75) is 32.9 Å². The first-order chi connectivity index (χ1) is 9.15. The largest absolute Gasteiger partial charge is 0.379 e. The SMILES string of the molecule is Cc1ccc(NCc2ccc3n2[C@H](C)CC3=O)cc1. The number of hydrogen-bond acceptors (Lipinski definition) is 2. The van der Waals surface area contributed by atoms with Gasteiger partial charge in [0.05, 0.1) is 12.2 Å². The van der Waals surface area contributed by atoms with Crippen molar-refractivity contribution in [3.05, 3.63) is 53.3 Å². The van der Waals surface area contributed by atoms with E-state index in [4.69, 9.17) is 0 Å². The predicted molar refractivity (Wildman–Crippen MR) is 76.6 cm³/mol. The van der Waals surface area contributed by atoms with E-state index in [1.165, 1.54) is 11.3 Å². The predicted octanol–water partition coefficient (Wildman–Crippen LogP) is 3.56. The molecule has 0 bridgehead atoms. The Bertz CT molecular complexity index is 610. The minimum Gasteiger partial charge on any atom is -0.379 e. The van der Waals surface area contributed by atoms with Crippen LogP contribution in [0.3, 0.4) is 0 Å². The lowest BCUT2D eigenvalue weighted by molar-refractivity contribution is 0.0990. The quantitative estimate of drug-likeness (QED) is 0.908. The molecule has 2 aromatic rings. The van der Waals surface area contributed by atoms with Crippen molar-refractivity contribution < 1.29 is 4.79 Å². The fraction of sp³-hybridized carbons (Fsp3) is 0.312. The van der Waals surface area contributed by atoms with Gasteiger partial charge in [0.1, 0.15) is 0 Å². The molecule has 2 heterocycles. The van der Waals surface area contributed by atoms with Gasteiger partial charge in [-0.25, -0.2) is 0 Å². The first-order valence-electron chi connectivity index (χ1n) is 6.69. The minimum absolute atomic E-state index is 0.258. The van der Waals surface area contributed by atoms with Crippen molar-refractivity contribution in [3.8, 4) is 0 Å². The second kappa shape index (κ2) is 4.57. The standard InChI is InChI=1S/C16H18N2O/c1-11-3-5-13(6-4-11)17-10-14-7-8-15-16(19)9-12(2)18(14)15/h3-8,12,17H,9-10H2,1-2H3/t12-/m1/s1. The Morgan fingerprint density at radius 1 is 1.21 bits per heavy atom. The fourth-order valence-corrected chi connectivity index (χ4v) is 2.71. The number of carbonyl (C=O) groups is 1. The van der Waals surface area contributed by atoms with Crippen molar-refractivity contribution in [3.63, 3.8) is 0 Å². The summed E-state index contributed by atoms with van der Waals surface area (Å²) in [5.41, 5.74) is 4.40. The molecule has 1 atom stereocenters. The summed E-state index contributed by atoms with van der Waals surface area (Å²) in [5, 5.41) is 3.41. The molecule has 1 aromatic heterocycles.